The van der Waals surface area contributed by atoms with Gasteiger partial charge in [-0.15, -0.1) is 0 Å². The Bertz CT molecular complexity index is 3330. The molecule has 2 nitrogen and oxygen atoms in total. The highest BCUT2D eigenvalue weighted by Crippen LogP contribution is 2.47. The molecule has 0 aliphatic heterocycles. The van der Waals surface area contributed by atoms with Crippen LogP contribution in [0, 0.1) is 0 Å². The second-order valence-corrected chi connectivity index (χ2v) is 16.0. The Kier molecular flexibility index (Phi) is 8.53. The fourth-order valence-corrected chi connectivity index (χ4v) is 9.76. The Hall–Kier alpha value is -8.20. The topological polar surface area (TPSA) is 9.86 Å². The number of hydrogen-bond donors (Lipinski definition) is 0. The SMILES string of the molecule is c1ccc(-c2ccc(-c3ccccc3)c3c2c2ccc(-c4ccc5c6c(-c7ccccc7)ccc(-c7ccccc7)c6n(-c6ccccc6)c5c4)cc2n3-c2ccccc2)cc1. The van der Waals surface area contributed by atoms with Crippen LogP contribution in [0.2, 0.25) is 0 Å². The van der Waals surface area contributed by atoms with Gasteiger partial charge in [0.1, 0.15) is 0 Å². The third kappa shape index (κ3) is 5.80. The van der Waals surface area contributed by atoms with Gasteiger partial charge in [-0.2, -0.15) is 0 Å². The normalized spacial score (nSPS) is 11.5. The fraction of sp³-hybridized carbons (Fsp3) is 0. The maximum Gasteiger partial charge on any atom is 0.0625 e. The standard InChI is InChI=1S/C60H40N2/c1-7-19-41(20-8-1)49-35-37-51(43-23-11-3-12-24-43)59-57(49)53-33-31-45(39-55(53)61(59)47-27-15-5-16-28-47)46-32-34-54-56(40-46)62(48-29-17-6-18-30-48)60-52(44-25-13-4-14-26-44)38-36-50(58(54)60)42-21-9-2-10-22-42/h1-40H. The third-order valence-electron chi connectivity index (χ3n) is 12.5. The first kappa shape index (κ1) is 35.7. The molecule has 2 aromatic heterocycles. The Morgan fingerprint density at radius 3 is 0.855 bits per heavy atom. The van der Waals surface area contributed by atoms with Crippen LogP contribution >= 0.6 is 0 Å². The zero-order valence-corrected chi connectivity index (χ0v) is 34.0. The van der Waals surface area contributed by atoms with Gasteiger partial charge in [0, 0.05) is 44.0 Å². The molecule has 12 aromatic rings. The molecular weight excluding hydrogens is 749 g/mol. The maximum atomic E-state index is 2.49. The number of benzene rings is 10. The van der Waals surface area contributed by atoms with Crippen molar-refractivity contribution in [3.05, 3.63) is 243 Å². The first-order valence-electron chi connectivity index (χ1n) is 21.4. The summed E-state index contributed by atoms with van der Waals surface area (Å²) in [6, 6.07) is 88.4. The van der Waals surface area contributed by atoms with Crippen molar-refractivity contribution in [1.29, 1.82) is 0 Å². The van der Waals surface area contributed by atoms with E-state index in [1.807, 2.05) is 0 Å². The average molecular weight is 789 g/mol. The van der Waals surface area contributed by atoms with Gasteiger partial charge in [-0.05, 0) is 80.9 Å². The number of para-hydroxylation sites is 2. The number of fused-ring (bicyclic) bond motifs is 6. The minimum Gasteiger partial charge on any atom is -0.309 e. The summed E-state index contributed by atoms with van der Waals surface area (Å²) in [6.45, 7) is 0. The van der Waals surface area contributed by atoms with Gasteiger partial charge in [0.25, 0.3) is 0 Å². The van der Waals surface area contributed by atoms with E-state index in [1.165, 1.54) is 99.2 Å². The molecule has 2 heterocycles. The van der Waals surface area contributed by atoms with E-state index in [0.29, 0.717) is 0 Å². The van der Waals surface area contributed by atoms with Crippen molar-refractivity contribution in [3.8, 4) is 67.0 Å². The van der Waals surface area contributed by atoms with E-state index in [9.17, 15) is 0 Å². The molecule has 12 rings (SSSR count). The summed E-state index contributed by atoms with van der Waals surface area (Å²) in [7, 11) is 0. The first-order valence-corrected chi connectivity index (χ1v) is 21.4. The Morgan fingerprint density at radius 1 is 0.226 bits per heavy atom. The van der Waals surface area contributed by atoms with Crippen molar-refractivity contribution < 1.29 is 0 Å². The van der Waals surface area contributed by atoms with Crippen LogP contribution in [0.3, 0.4) is 0 Å². The van der Waals surface area contributed by atoms with Crippen molar-refractivity contribution >= 4 is 43.6 Å². The molecule has 0 bridgehead atoms. The molecule has 0 spiro atoms. The largest absolute Gasteiger partial charge is 0.309 e. The predicted molar refractivity (Wildman–Crippen MR) is 262 cm³/mol. The monoisotopic (exact) mass is 788 g/mol. The van der Waals surface area contributed by atoms with E-state index in [4.69, 9.17) is 0 Å². The molecule has 0 amide bonds. The molecule has 0 N–H and O–H groups in total. The minimum atomic E-state index is 1.13. The summed E-state index contributed by atoms with van der Waals surface area (Å²) in [5, 5.41) is 4.96. The van der Waals surface area contributed by atoms with Crippen LogP contribution in [0.25, 0.3) is 111 Å². The molecule has 0 aliphatic carbocycles. The molecule has 0 unspecified atom stereocenters. The van der Waals surface area contributed by atoms with Crippen LogP contribution in [0.4, 0.5) is 0 Å². The van der Waals surface area contributed by atoms with E-state index in [1.54, 1.807) is 0 Å². The van der Waals surface area contributed by atoms with Gasteiger partial charge in [-0.1, -0.05) is 206 Å². The van der Waals surface area contributed by atoms with Crippen molar-refractivity contribution in [1.82, 2.24) is 9.13 Å². The van der Waals surface area contributed by atoms with E-state index < -0.39 is 0 Å². The quantitative estimate of drug-likeness (QED) is 0.152. The van der Waals surface area contributed by atoms with E-state index in [2.05, 4.69) is 252 Å². The molecule has 0 aliphatic rings. The Balaban J connectivity index is 1.17. The highest BCUT2D eigenvalue weighted by atomic mass is 15.0. The maximum absolute atomic E-state index is 2.49. The zero-order chi connectivity index (χ0) is 41.0. The molecule has 62 heavy (non-hydrogen) atoms. The number of aromatic nitrogens is 2. The van der Waals surface area contributed by atoms with Crippen LogP contribution in [0.5, 0.6) is 0 Å². The van der Waals surface area contributed by atoms with Crippen LogP contribution in [-0.4, -0.2) is 9.13 Å². The number of nitrogens with zero attached hydrogens (tertiary/aromatic N) is 2. The van der Waals surface area contributed by atoms with E-state index >= 15 is 0 Å². The van der Waals surface area contributed by atoms with Gasteiger partial charge in [-0.25, -0.2) is 0 Å². The van der Waals surface area contributed by atoms with Crippen LogP contribution in [0.15, 0.2) is 243 Å². The van der Waals surface area contributed by atoms with Gasteiger partial charge in [0.05, 0.1) is 22.1 Å². The first-order chi connectivity index (χ1) is 30.8. The van der Waals surface area contributed by atoms with E-state index in [-0.39, 0.29) is 0 Å². The van der Waals surface area contributed by atoms with Crippen LogP contribution in [0.1, 0.15) is 0 Å². The Morgan fingerprint density at radius 2 is 0.516 bits per heavy atom. The summed E-state index contributed by atoms with van der Waals surface area (Å²) < 4.78 is 4.97. The molecule has 0 atom stereocenters. The molecule has 0 saturated carbocycles. The molecule has 0 radical (unpaired) electrons. The summed E-state index contributed by atoms with van der Waals surface area (Å²) in [5.74, 6) is 0. The van der Waals surface area contributed by atoms with Gasteiger partial charge in [0.15, 0.2) is 0 Å². The van der Waals surface area contributed by atoms with Gasteiger partial charge in [-0.3, -0.25) is 0 Å². The predicted octanol–water partition coefficient (Wildman–Crippen LogP) is 16.2. The van der Waals surface area contributed by atoms with Crippen molar-refractivity contribution in [2.45, 2.75) is 0 Å². The lowest BCUT2D eigenvalue weighted by Gasteiger charge is -2.14. The highest BCUT2D eigenvalue weighted by molar-refractivity contribution is 6.22. The second-order valence-electron chi connectivity index (χ2n) is 16.0. The molecular formula is C60H40N2. The lowest BCUT2D eigenvalue weighted by molar-refractivity contribution is 1.18. The minimum absolute atomic E-state index is 1.13. The van der Waals surface area contributed by atoms with Gasteiger partial charge >= 0.3 is 0 Å². The third-order valence-corrected chi connectivity index (χ3v) is 12.5. The highest BCUT2D eigenvalue weighted by Gasteiger charge is 2.23. The molecule has 2 heteroatoms. The molecule has 0 fully saturated rings. The lowest BCUT2D eigenvalue weighted by atomic mass is 9.93. The Labute approximate surface area is 360 Å². The molecule has 290 valence electrons. The number of hydrogen-bond acceptors (Lipinski definition) is 0. The number of rotatable bonds is 7. The summed E-state index contributed by atoms with van der Waals surface area (Å²) >= 11 is 0. The van der Waals surface area contributed by atoms with Gasteiger partial charge < -0.3 is 9.13 Å². The average Bonchev–Trinajstić information content (AvgIpc) is 3.88. The summed E-state index contributed by atoms with van der Waals surface area (Å²) in [5.41, 5.74) is 19.0. The smallest absolute Gasteiger partial charge is 0.0625 e. The van der Waals surface area contributed by atoms with Crippen molar-refractivity contribution in [2.75, 3.05) is 0 Å². The van der Waals surface area contributed by atoms with E-state index in [0.717, 1.165) is 11.4 Å². The fourth-order valence-electron chi connectivity index (χ4n) is 9.76. The molecule has 10 aromatic carbocycles. The van der Waals surface area contributed by atoms with Gasteiger partial charge in [0.2, 0.25) is 0 Å². The lowest BCUT2D eigenvalue weighted by Crippen LogP contribution is -1.96. The van der Waals surface area contributed by atoms with Crippen molar-refractivity contribution in [3.63, 3.8) is 0 Å². The van der Waals surface area contributed by atoms with Crippen LogP contribution in [-0.2, 0) is 0 Å². The molecule has 0 saturated heterocycles. The zero-order valence-electron chi connectivity index (χ0n) is 34.0. The second kappa shape index (κ2) is 14.8. The summed E-state index contributed by atoms with van der Waals surface area (Å²) in [4.78, 5) is 0. The summed E-state index contributed by atoms with van der Waals surface area (Å²) in [6.07, 6.45) is 0. The van der Waals surface area contributed by atoms with Crippen molar-refractivity contribution in [2.24, 2.45) is 0 Å². The van der Waals surface area contributed by atoms with Crippen LogP contribution < -0.4 is 0 Å².